The van der Waals surface area contributed by atoms with Gasteiger partial charge in [-0.15, -0.1) is 0 Å². The van der Waals surface area contributed by atoms with Crippen LogP contribution in [0.4, 0.5) is 4.79 Å². The summed E-state index contributed by atoms with van der Waals surface area (Å²) in [6.07, 6.45) is 9.10. The molecule has 5 N–H and O–H groups in total. The summed E-state index contributed by atoms with van der Waals surface area (Å²) in [6.45, 7) is 5.11. The predicted molar refractivity (Wildman–Crippen MR) is 178 cm³/mol. The molecule has 0 aromatic heterocycles. The number of amides is 5. The molecular weight excluding hydrogens is 604 g/mol. The Bertz CT molecular complexity index is 1210. The van der Waals surface area contributed by atoms with E-state index in [1.54, 1.807) is 16.8 Å². The van der Waals surface area contributed by atoms with Gasteiger partial charge >= 0.3 is 6.03 Å². The fraction of sp³-hybridized carbons (Fsp3) is 0.676. The Labute approximate surface area is 277 Å². The van der Waals surface area contributed by atoms with Crippen molar-refractivity contribution in [2.75, 3.05) is 20.1 Å². The van der Waals surface area contributed by atoms with Gasteiger partial charge in [0.15, 0.2) is 0 Å². The van der Waals surface area contributed by atoms with Crippen molar-refractivity contribution in [1.82, 2.24) is 25.2 Å². The first-order chi connectivity index (χ1) is 22.0. The third-order valence-corrected chi connectivity index (χ3v) is 10.7. The topological polar surface area (TPSA) is 154 Å². The van der Waals surface area contributed by atoms with Crippen molar-refractivity contribution < 1.29 is 24.0 Å². The van der Waals surface area contributed by atoms with E-state index in [-0.39, 0.29) is 29.7 Å². The van der Waals surface area contributed by atoms with Gasteiger partial charge in [0, 0.05) is 24.0 Å². The molecular formula is C34H52N6O5S. The van der Waals surface area contributed by atoms with Crippen LogP contribution in [0.5, 0.6) is 0 Å². The summed E-state index contributed by atoms with van der Waals surface area (Å²) < 4.78 is 2.10. The van der Waals surface area contributed by atoms with E-state index in [2.05, 4.69) is 34.1 Å². The van der Waals surface area contributed by atoms with Gasteiger partial charge in [-0.3, -0.25) is 19.2 Å². The van der Waals surface area contributed by atoms with Crippen LogP contribution < -0.4 is 21.7 Å². The zero-order chi connectivity index (χ0) is 33.2. The molecule has 0 radical (unpaired) electrons. The number of hydrogen-bond acceptors (Lipinski definition) is 7. The number of primary amides is 1. The summed E-state index contributed by atoms with van der Waals surface area (Å²) in [6, 6.07) is 6.96. The Morgan fingerprint density at radius 2 is 1.61 bits per heavy atom. The van der Waals surface area contributed by atoms with E-state index in [0.29, 0.717) is 32.4 Å². The molecule has 5 amide bonds. The van der Waals surface area contributed by atoms with Crippen molar-refractivity contribution in [2.24, 2.45) is 23.5 Å². The zero-order valence-corrected chi connectivity index (χ0v) is 28.4. The maximum atomic E-state index is 14.2. The van der Waals surface area contributed by atoms with Gasteiger partial charge in [0.2, 0.25) is 17.6 Å². The van der Waals surface area contributed by atoms with Gasteiger partial charge in [0.25, 0.3) is 5.91 Å². The van der Waals surface area contributed by atoms with Crippen molar-refractivity contribution in [3.05, 3.63) is 30.3 Å². The van der Waals surface area contributed by atoms with Crippen LogP contribution in [-0.2, 0) is 19.2 Å². The Kier molecular flexibility index (Phi) is 13.3. The van der Waals surface area contributed by atoms with Gasteiger partial charge in [-0.25, -0.2) is 9.10 Å². The van der Waals surface area contributed by atoms with Gasteiger partial charge in [-0.2, -0.15) is 0 Å². The summed E-state index contributed by atoms with van der Waals surface area (Å²) in [4.78, 5) is 68.3. The largest absolute Gasteiger partial charge is 0.363 e. The number of benzene rings is 1. The lowest BCUT2D eigenvalue weighted by Crippen LogP contribution is -2.60. The highest BCUT2D eigenvalue weighted by atomic mass is 32.2. The second-order valence-electron chi connectivity index (χ2n) is 13.6. The number of nitrogens with one attached hydrogen (secondary N) is 3. The van der Waals surface area contributed by atoms with E-state index in [0.717, 1.165) is 56.3 Å². The van der Waals surface area contributed by atoms with Crippen LogP contribution >= 0.6 is 11.9 Å². The molecule has 4 rings (SSSR count). The first kappa shape index (κ1) is 35.7. The third-order valence-electron chi connectivity index (χ3n) is 9.76. The molecule has 1 heterocycles. The van der Waals surface area contributed by atoms with E-state index in [1.165, 1.54) is 0 Å². The number of rotatable bonds is 15. The fourth-order valence-electron chi connectivity index (χ4n) is 6.81. The zero-order valence-electron chi connectivity index (χ0n) is 27.5. The predicted octanol–water partition coefficient (Wildman–Crippen LogP) is 3.62. The minimum atomic E-state index is -1.07. The maximum absolute atomic E-state index is 14.2. The van der Waals surface area contributed by atoms with Gasteiger partial charge < -0.3 is 26.6 Å². The first-order valence-electron chi connectivity index (χ1n) is 17.0. The fourth-order valence-corrected chi connectivity index (χ4v) is 7.69. The van der Waals surface area contributed by atoms with E-state index < -0.39 is 41.8 Å². The van der Waals surface area contributed by atoms with Crippen LogP contribution in [0.2, 0.25) is 0 Å². The average Bonchev–Trinajstić information content (AvgIpc) is 3.51. The standard InChI is InChI=1S/C34H52N6O5S/c1-22(2)27(21-39(3)46-25-16-8-5-9-17-25)37-34(45)38-29(24-14-6-4-7-15-24)33(44)40-19-11-18-28(40)32(43)36-26(30(41)31(35)42)20-23-12-10-13-23/h5,8-9,16-17,22-24,26-29H,4,6-7,10-15,18-21H2,1-3H3,(H2,35,42)(H,36,43)(H2,37,38,45). The Morgan fingerprint density at radius 1 is 0.913 bits per heavy atom. The molecule has 3 aliphatic rings. The van der Waals surface area contributed by atoms with Crippen LogP contribution in [-0.4, -0.2) is 83.0 Å². The molecule has 1 saturated heterocycles. The summed E-state index contributed by atoms with van der Waals surface area (Å²) in [5.74, 6) is -2.21. The van der Waals surface area contributed by atoms with Gasteiger partial charge in [-0.05, 0) is 81.0 Å². The SMILES string of the molecule is CC(C)C(CN(C)Sc1ccccc1)NC(=O)NC(C(=O)N1CCCC1C(=O)NC(CC1CCC1)C(=O)C(N)=O)C1CCCCC1. The molecule has 2 saturated carbocycles. The number of carbonyl (C=O) groups excluding carboxylic acids is 5. The number of likely N-dealkylation sites (tertiary alicyclic amines) is 1. The van der Waals surface area contributed by atoms with Crippen molar-refractivity contribution in [1.29, 1.82) is 0 Å². The molecule has 1 aliphatic heterocycles. The summed E-state index contributed by atoms with van der Waals surface area (Å²) in [5, 5.41) is 8.92. The van der Waals surface area contributed by atoms with Crippen LogP contribution in [0.15, 0.2) is 35.2 Å². The number of nitrogens with zero attached hydrogens (tertiary/aromatic N) is 2. The summed E-state index contributed by atoms with van der Waals surface area (Å²) in [5.41, 5.74) is 5.31. The second-order valence-corrected chi connectivity index (χ2v) is 14.8. The Hall–Kier alpha value is -3.12. The van der Waals surface area contributed by atoms with Crippen LogP contribution in [0, 0.1) is 17.8 Å². The lowest BCUT2D eigenvalue weighted by molar-refractivity contribution is -0.143. The minimum absolute atomic E-state index is 0.0343. The summed E-state index contributed by atoms with van der Waals surface area (Å²) >= 11 is 1.61. The molecule has 1 aromatic carbocycles. The van der Waals surface area contributed by atoms with Crippen molar-refractivity contribution >= 4 is 41.5 Å². The highest BCUT2D eigenvalue weighted by Crippen LogP contribution is 2.32. The average molecular weight is 657 g/mol. The number of hydrogen-bond donors (Lipinski definition) is 4. The normalized spacial score (nSPS) is 20.9. The highest BCUT2D eigenvalue weighted by Gasteiger charge is 2.42. The molecule has 0 spiro atoms. The monoisotopic (exact) mass is 656 g/mol. The Balaban J connectivity index is 1.43. The molecule has 2 aliphatic carbocycles. The third kappa shape index (κ3) is 9.94. The number of likely N-dealkylation sites (N-methyl/N-ethyl adjacent to an activating group) is 1. The van der Waals surface area contributed by atoms with Crippen LogP contribution in [0.1, 0.15) is 84.5 Å². The van der Waals surface area contributed by atoms with E-state index in [9.17, 15) is 24.0 Å². The molecule has 4 atom stereocenters. The number of carbonyl (C=O) groups is 5. The molecule has 1 aromatic rings. The first-order valence-corrected chi connectivity index (χ1v) is 17.8. The number of nitrogens with two attached hydrogens (primary N) is 1. The number of Topliss-reactive ketones (excluding diaryl/α,β-unsaturated/α-hetero) is 1. The van der Waals surface area contributed by atoms with E-state index in [4.69, 9.17) is 5.73 Å². The number of urea groups is 1. The van der Waals surface area contributed by atoms with E-state index >= 15 is 0 Å². The smallest absolute Gasteiger partial charge is 0.315 e. The molecule has 12 heteroatoms. The van der Waals surface area contributed by atoms with Crippen molar-refractivity contribution in [2.45, 2.75) is 114 Å². The van der Waals surface area contributed by atoms with Gasteiger partial charge in [0.1, 0.15) is 12.1 Å². The quantitative estimate of drug-likeness (QED) is 0.166. The van der Waals surface area contributed by atoms with Crippen molar-refractivity contribution in [3.8, 4) is 0 Å². The van der Waals surface area contributed by atoms with Gasteiger partial charge in [-0.1, -0.05) is 70.6 Å². The molecule has 254 valence electrons. The molecule has 11 nitrogen and oxygen atoms in total. The molecule has 3 fully saturated rings. The van der Waals surface area contributed by atoms with E-state index in [1.807, 2.05) is 37.4 Å². The second kappa shape index (κ2) is 17.2. The molecule has 46 heavy (non-hydrogen) atoms. The van der Waals surface area contributed by atoms with Crippen LogP contribution in [0.25, 0.3) is 0 Å². The number of ketones is 1. The maximum Gasteiger partial charge on any atom is 0.315 e. The molecule has 0 bridgehead atoms. The molecule has 4 unspecified atom stereocenters. The summed E-state index contributed by atoms with van der Waals surface area (Å²) in [7, 11) is 1.99. The van der Waals surface area contributed by atoms with Crippen LogP contribution in [0.3, 0.4) is 0 Å². The van der Waals surface area contributed by atoms with Crippen molar-refractivity contribution in [3.63, 3.8) is 0 Å². The Morgan fingerprint density at radius 3 is 2.22 bits per heavy atom. The lowest BCUT2D eigenvalue weighted by Gasteiger charge is -2.36. The minimum Gasteiger partial charge on any atom is -0.363 e. The lowest BCUT2D eigenvalue weighted by atomic mass is 9.80. The highest BCUT2D eigenvalue weighted by molar-refractivity contribution is 7.97. The van der Waals surface area contributed by atoms with Gasteiger partial charge in [0.05, 0.1) is 6.04 Å².